The zero-order valence-electron chi connectivity index (χ0n) is 22.7. The quantitative estimate of drug-likeness (QED) is 0.333. The molecule has 3 rings (SSSR count). The Bertz CT molecular complexity index is 1200. The van der Waals surface area contributed by atoms with Gasteiger partial charge < -0.3 is 28.7 Å². The monoisotopic (exact) mass is 579 g/mol. The van der Waals surface area contributed by atoms with Gasteiger partial charge in [0.05, 0.1) is 59.9 Å². The van der Waals surface area contributed by atoms with Gasteiger partial charge in [0.2, 0.25) is 0 Å². The Balaban J connectivity index is 2.02. The van der Waals surface area contributed by atoms with Crippen molar-refractivity contribution in [3.8, 4) is 17.2 Å². The van der Waals surface area contributed by atoms with Crippen molar-refractivity contribution in [2.75, 3.05) is 53.0 Å². The number of benzene rings is 2. The highest BCUT2D eigenvalue weighted by molar-refractivity contribution is 9.08. The lowest BCUT2D eigenvalue weighted by atomic mass is 9.92. The summed E-state index contributed by atoms with van der Waals surface area (Å²) in [5.41, 5.74) is 2.25. The van der Waals surface area contributed by atoms with Gasteiger partial charge in [0.25, 0.3) is 0 Å². The Hall–Kier alpha value is -2.85. The molecule has 10 heteroatoms. The van der Waals surface area contributed by atoms with Crippen molar-refractivity contribution in [1.82, 2.24) is 4.90 Å². The number of ketones is 1. The molecule has 0 radical (unpaired) electrons. The van der Waals surface area contributed by atoms with Crippen molar-refractivity contribution in [3.05, 3.63) is 46.3 Å². The minimum Gasteiger partial charge on any atom is -0.494 e. The van der Waals surface area contributed by atoms with Gasteiger partial charge in [0, 0.05) is 38.9 Å². The van der Waals surface area contributed by atoms with Crippen LogP contribution in [0.2, 0.25) is 0 Å². The van der Waals surface area contributed by atoms with E-state index in [-0.39, 0.29) is 24.7 Å². The minimum atomic E-state index is -0.701. The Morgan fingerprint density at radius 2 is 1.81 bits per heavy atom. The molecule has 1 aliphatic heterocycles. The zero-order chi connectivity index (χ0) is 27.5. The van der Waals surface area contributed by atoms with Gasteiger partial charge in [-0.2, -0.15) is 4.02 Å². The van der Waals surface area contributed by atoms with Crippen LogP contribution in [0, 0.1) is 5.82 Å². The van der Waals surface area contributed by atoms with Crippen LogP contribution in [0.15, 0.2) is 22.2 Å². The molecule has 2 aromatic carbocycles. The van der Waals surface area contributed by atoms with Gasteiger partial charge in [0.1, 0.15) is 11.6 Å². The largest absolute Gasteiger partial charge is 0.494 e. The van der Waals surface area contributed by atoms with Crippen LogP contribution in [0.25, 0.3) is 0 Å². The van der Waals surface area contributed by atoms with Crippen LogP contribution in [0.1, 0.15) is 54.7 Å². The standard InChI is InChI=1S/C27H35BrFN3O5/c1-9-36-21-13-17-14-32(26(30-28)22(17)23(29)25(21)37-10-2)15-20(33)16-11-18(27(3,4)35-8)24(34-7)19(12-16)31(5)6/h11-13H,9-10,14-15H2,1-8H3/b30-26-. The van der Waals surface area contributed by atoms with Crippen molar-refractivity contribution >= 4 is 33.5 Å². The SMILES string of the molecule is CCOc1cc2c(c(F)c1OCC)/C(=N/Br)N(CC(=O)c1cc(N(C)C)c(OC)c(C(C)(C)OC)c1)C2. The van der Waals surface area contributed by atoms with E-state index in [0.29, 0.717) is 47.2 Å². The molecule has 0 saturated heterocycles. The first kappa shape index (κ1) is 28.7. The summed E-state index contributed by atoms with van der Waals surface area (Å²) in [6, 6.07) is 5.35. The zero-order valence-corrected chi connectivity index (χ0v) is 24.3. The molecule has 0 N–H and O–H groups in total. The van der Waals surface area contributed by atoms with Crippen molar-refractivity contribution in [2.45, 2.75) is 39.8 Å². The maximum Gasteiger partial charge on any atom is 0.197 e. The van der Waals surface area contributed by atoms with Gasteiger partial charge in [-0.25, -0.2) is 4.39 Å². The normalized spacial score (nSPS) is 14.1. The van der Waals surface area contributed by atoms with E-state index >= 15 is 4.39 Å². The molecule has 0 bridgehead atoms. The van der Waals surface area contributed by atoms with E-state index in [9.17, 15) is 4.79 Å². The van der Waals surface area contributed by atoms with Gasteiger partial charge in [-0.05, 0) is 51.5 Å². The van der Waals surface area contributed by atoms with E-state index < -0.39 is 11.4 Å². The third kappa shape index (κ3) is 5.55. The highest BCUT2D eigenvalue weighted by Gasteiger charge is 2.35. The highest BCUT2D eigenvalue weighted by atomic mass is 79.9. The van der Waals surface area contributed by atoms with Gasteiger partial charge in [-0.3, -0.25) is 4.79 Å². The van der Waals surface area contributed by atoms with Gasteiger partial charge >= 0.3 is 0 Å². The number of Topliss-reactive ketones (excluding diaryl/α,β-unsaturated/α-hetero) is 1. The molecular weight excluding hydrogens is 545 g/mol. The second-order valence-electron chi connectivity index (χ2n) is 9.29. The van der Waals surface area contributed by atoms with Crippen LogP contribution >= 0.6 is 16.1 Å². The summed E-state index contributed by atoms with van der Waals surface area (Å²) >= 11 is 3.13. The maximum absolute atomic E-state index is 15.6. The number of amidine groups is 1. The van der Waals surface area contributed by atoms with Gasteiger partial charge in [-0.1, -0.05) is 0 Å². The molecule has 0 unspecified atom stereocenters. The van der Waals surface area contributed by atoms with Crippen molar-refractivity contribution in [3.63, 3.8) is 0 Å². The number of hydrogen-bond acceptors (Lipinski definition) is 7. The fourth-order valence-corrected chi connectivity index (χ4v) is 4.78. The van der Waals surface area contributed by atoms with E-state index in [2.05, 4.69) is 20.2 Å². The second-order valence-corrected chi connectivity index (χ2v) is 9.65. The molecule has 8 nitrogen and oxygen atoms in total. The molecule has 0 atom stereocenters. The Kier molecular flexibility index (Phi) is 9.07. The Morgan fingerprint density at radius 3 is 2.35 bits per heavy atom. The van der Waals surface area contributed by atoms with Gasteiger partial charge in [-0.15, -0.1) is 0 Å². The predicted octanol–water partition coefficient (Wildman–Crippen LogP) is 5.33. The fourth-order valence-electron chi connectivity index (χ4n) is 4.37. The number of methoxy groups -OCH3 is 2. The summed E-state index contributed by atoms with van der Waals surface area (Å²) in [7, 11) is 6.99. The Labute approximate surface area is 226 Å². The number of rotatable bonds is 11. The van der Waals surface area contributed by atoms with Crippen LogP contribution in [0.3, 0.4) is 0 Å². The number of anilines is 1. The summed E-state index contributed by atoms with van der Waals surface area (Å²) in [6.07, 6.45) is 0. The number of hydrogen-bond donors (Lipinski definition) is 0. The molecule has 2 aromatic rings. The van der Waals surface area contributed by atoms with Crippen LogP contribution in [-0.2, 0) is 16.9 Å². The smallest absolute Gasteiger partial charge is 0.197 e. The molecule has 0 fully saturated rings. The van der Waals surface area contributed by atoms with Crippen molar-refractivity contribution < 1.29 is 28.1 Å². The number of halogens is 2. The van der Waals surface area contributed by atoms with Crippen molar-refractivity contribution in [2.24, 2.45) is 4.02 Å². The topological polar surface area (TPSA) is 72.8 Å². The molecule has 1 aliphatic rings. The van der Waals surface area contributed by atoms with E-state index in [4.69, 9.17) is 18.9 Å². The lowest BCUT2D eigenvalue weighted by Crippen LogP contribution is -2.31. The van der Waals surface area contributed by atoms with E-state index in [1.54, 1.807) is 44.2 Å². The molecule has 0 aliphatic carbocycles. The van der Waals surface area contributed by atoms with Crippen LogP contribution in [0.5, 0.6) is 17.2 Å². The molecule has 1 heterocycles. The number of ether oxygens (including phenoxy) is 4. The van der Waals surface area contributed by atoms with Crippen LogP contribution in [0.4, 0.5) is 10.1 Å². The third-order valence-electron chi connectivity index (χ3n) is 6.39. The van der Waals surface area contributed by atoms with Crippen molar-refractivity contribution in [1.29, 1.82) is 0 Å². The highest BCUT2D eigenvalue weighted by Crippen LogP contribution is 2.41. The number of carbonyl (C=O) groups is 1. The first-order valence-electron chi connectivity index (χ1n) is 12.1. The average Bonchev–Trinajstić information content (AvgIpc) is 3.22. The van der Waals surface area contributed by atoms with Crippen LogP contribution < -0.4 is 19.1 Å². The third-order valence-corrected chi connectivity index (χ3v) is 6.73. The summed E-state index contributed by atoms with van der Waals surface area (Å²) in [6.45, 7) is 8.37. The van der Waals surface area contributed by atoms with E-state index in [0.717, 1.165) is 11.3 Å². The molecular formula is C27H35BrFN3O5. The number of nitrogens with zero attached hydrogens (tertiary/aromatic N) is 3. The molecule has 202 valence electrons. The lowest BCUT2D eigenvalue weighted by Gasteiger charge is -2.29. The number of fused-ring (bicyclic) bond motifs is 1. The average molecular weight is 580 g/mol. The maximum atomic E-state index is 15.6. The fraction of sp³-hybridized carbons (Fsp3) is 0.481. The molecule has 0 aromatic heterocycles. The van der Waals surface area contributed by atoms with Crippen LogP contribution in [-0.4, -0.2) is 64.6 Å². The first-order chi connectivity index (χ1) is 17.5. The van der Waals surface area contributed by atoms with E-state index in [1.165, 1.54) is 0 Å². The predicted molar refractivity (Wildman–Crippen MR) is 146 cm³/mol. The molecule has 0 saturated carbocycles. The summed E-state index contributed by atoms with van der Waals surface area (Å²) in [5, 5.41) is 0. The molecule has 0 amide bonds. The van der Waals surface area contributed by atoms with Gasteiger partial charge in [0.15, 0.2) is 23.1 Å². The first-order valence-corrected chi connectivity index (χ1v) is 12.8. The molecule has 0 spiro atoms. The summed E-state index contributed by atoms with van der Waals surface area (Å²) in [4.78, 5) is 17.2. The Morgan fingerprint density at radius 1 is 1.14 bits per heavy atom. The summed E-state index contributed by atoms with van der Waals surface area (Å²) < 4.78 is 42.4. The van der Waals surface area contributed by atoms with E-state index in [1.807, 2.05) is 39.8 Å². The second kappa shape index (κ2) is 11.7. The number of carbonyl (C=O) groups excluding carboxylic acids is 1. The minimum absolute atomic E-state index is 0.0153. The summed E-state index contributed by atoms with van der Waals surface area (Å²) in [5.74, 6) is 0.625. The lowest BCUT2D eigenvalue weighted by molar-refractivity contribution is 0.0173. The molecule has 37 heavy (non-hydrogen) atoms.